The van der Waals surface area contributed by atoms with E-state index in [0.717, 1.165) is 0 Å². The minimum atomic E-state index is -1.12. The standard InChI is InChI=1S/C11H11N5O4/c17-10(18)8-2-1-7(5-13-8)16-11(19)12-4-3-9-14-6-15-20-9/h1-2,5-6H,3-4H2,(H,17,18)(H2,12,16,19). The summed E-state index contributed by atoms with van der Waals surface area (Å²) in [4.78, 5) is 29.6. The van der Waals surface area contributed by atoms with Gasteiger partial charge in [-0.25, -0.2) is 14.6 Å². The molecule has 104 valence electrons. The lowest BCUT2D eigenvalue weighted by Crippen LogP contribution is -2.30. The highest BCUT2D eigenvalue weighted by molar-refractivity contribution is 5.90. The van der Waals surface area contributed by atoms with Crippen LogP contribution in [0.2, 0.25) is 0 Å². The zero-order chi connectivity index (χ0) is 14.4. The number of nitrogens with one attached hydrogen (secondary N) is 2. The number of hydrogen-bond donors (Lipinski definition) is 3. The molecule has 0 fully saturated rings. The fourth-order valence-corrected chi connectivity index (χ4v) is 1.36. The third-order valence-corrected chi connectivity index (χ3v) is 2.27. The molecule has 9 heteroatoms. The van der Waals surface area contributed by atoms with Crippen molar-refractivity contribution in [1.29, 1.82) is 0 Å². The fourth-order valence-electron chi connectivity index (χ4n) is 1.36. The summed E-state index contributed by atoms with van der Waals surface area (Å²) in [5.41, 5.74) is 0.303. The summed E-state index contributed by atoms with van der Waals surface area (Å²) in [5.74, 6) is -0.696. The number of rotatable bonds is 5. The van der Waals surface area contributed by atoms with Gasteiger partial charge in [-0.15, -0.1) is 0 Å². The van der Waals surface area contributed by atoms with Crippen molar-refractivity contribution in [3.8, 4) is 0 Å². The van der Waals surface area contributed by atoms with Gasteiger partial charge in [-0.2, -0.15) is 4.98 Å². The van der Waals surface area contributed by atoms with Crippen LogP contribution >= 0.6 is 0 Å². The molecule has 20 heavy (non-hydrogen) atoms. The predicted octanol–water partition coefficient (Wildman–Crippen LogP) is 0.527. The Bertz CT molecular complexity index is 581. The third kappa shape index (κ3) is 3.77. The molecule has 0 aromatic carbocycles. The number of nitrogens with zero attached hydrogens (tertiary/aromatic N) is 3. The first-order chi connectivity index (χ1) is 9.65. The molecule has 0 unspecified atom stereocenters. The molecule has 0 aliphatic rings. The Morgan fingerprint density at radius 1 is 1.30 bits per heavy atom. The van der Waals surface area contributed by atoms with Crippen molar-refractivity contribution >= 4 is 17.7 Å². The number of urea groups is 1. The average Bonchev–Trinajstić information content (AvgIpc) is 2.92. The molecule has 2 heterocycles. The number of anilines is 1. The number of hydrogen-bond acceptors (Lipinski definition) is 6. The van der Waals surface area contributed by atoms with Gasteiger partial charge in [-0.3, -0.25) is 0 Å². The van der Waals surface area contributed by atoms with E-state index < -0.39 is 12.0 Å². The lowest BCUT2D eigenvalue weighted by atomic mass is 10.3. The Morgan fingerprint density at radius 2 is 2.15 bits per heavy atom. The van der Waals surface area contributed by atoms with Crippen LogP contribution in [0.25, 0.3) is 0 Å². The molecule has 2 aromatic heterocycles. The normalized spacial score (nSPS) is 10.0. The summed E-state index contributed by atoms with van der Waals surface area (Å²) in [5, 5.41) is 17.2. The van der Waals surface area contributed by atoms with Crippen LogP contribution < -0.4 is 10.6 Å². The Hall–Kier alpha value is -2.97. The van der Waals surface area contributed by atoms with Crippen molar-refractivity contribution in [3.63, 3.8) is 0 Å². The molecular weight excluding hydrogens is 266 g/mol. The molecule has 0 saturated heterocycles. The van der Waals surface area contributed by atoms with Gasteiger partial charge < -0.3 is 20.3 Å². The van der Waals surface area contributed by atoms with Crippen molar-refractivity contribution in [1.82, 2.24) is 20.4 Å². The highest BCUT2D eigenvalue weighted by Crippen LogP contribution is 2.05. The number of carboxylic acids is 1. The van der Waals surface area contributed by atoms with Gasteiger partial charge in [0, 0.05) is 13.0 Å². The second kappa shape index (κ2) is 6.27. The van der Waals surface area contributed by atoms with Crippen LogP contribution in [-0.4, -0.2) is 38.8 Å². The SMILES string of the molecule is O=C(NCCc1ncno1)Nc1ccc(C(=O)O)nc1. The maximum absolute atomic E-state index is 11.5. The smallest absolute Gasteiger partial charge is 0.354 e. The van der Waals surface area contributed by atoms with E-state index in [9.17, 15) is 9.59 Å². The van der Waals surface area contributed by atoms with Crippen LogP contribution in [0.3, 0.4) is 0 Å². The monoisotopic (exact) mass is 277 g/mol. The number of aromatic carboxylic acids is 1. The average molecular weight is 277 g/mol. The first-order valence-electron chi connectivity index (χ1n) is 5.65. The summed E-state index contributed by atoms with van der Waals surface area (Å²) >= 11 is 0. The Balaban J connectivity index is 1.77. The molecule has 2 amide bonds. The van der Waals surface area contributed by atoms with E-state index in [-0.39, 0.29) is 5.69 Å². The molecule has 0 atom stereocenters. The van der Waals surface area contributed by atoms with Crippen molar-refractivity contribution < 1.29 is 19.2 Å². The summed E-state index contributed by atoms with van der Waals surface area (Å²) in [6.07, 6.45) is 2.97. The van der Waals surface area contributed by atoms with Gasteiger partial charge in [0.15, 0.2) is 6.33 Å². The molecule has 0 saturated carbocycles. The van der Waals surface area contributed by atoms with Crippen LogP contribution in [0.4, 0.5) is 10.5 Å². The third-order valence-electron chi connectivity index (χ3n) is 2.27. The van der Waals surface area contributed by atoms with Crippen molar-refractivity contribution in [2.45, 2.75) is 6.42 Å². The molecule has 0 radical (unpaired) electrons. The van der Waals surface area contributed by atoms with Crippen LogP contribution in [0.5, 0.6) is 0 Å². The first-order valence-corrected chi connectivity index (χ1v) is 5.65. The Kier molecular flexibility index (Phi) is 4.22. The van der Waals surface area contributed by atoms with E-state index in [1.165, 1.54) is 24.7 Å². The van der Waals surface area contributed by atoms with Crippen molar-refractivity contribution in [3.05, 3.63) is 36.2 Å². The van der Waals surface area contributed by atoms with Gasteiger partial charge in [0.05, 0.1) is 11.9 Å². The second-order valence-corrected chi connectivity index (χ2v) is 3.70. The quantitative estimate of drug-likeness (QED) is 0.726. The maximum atomic E-state index is 11.5. The summed E-state index contributed by atoms with van der Waals surface area (Å²) in [6.45, 7) is 0.328. The van der Waals surface area contributed by atoms with E-state index in [0.29, 0.717) is 24.5 Å². The van der Waals surface area contributed by atoms with Gasteiger partial charge in [0.2, 0.25) is 5.89 Å². The molecular formula is C11H11N5O4. The lowest BCUT2D eigenvalue weighted by Gasteiger charge is -2.06. The molecule has 0 aliphatic carbocycles. The highest BCUT2D eigenvalue weighted by atomic mass is 16.5. The molecule has 2 aromatic rings. The van der Waals surface area contributed by atoms with E-state index >= 15 is 0 Å². The van der Waals surface area contributed by atoms with Gasteiger partial charge in [0.25, 0.3) is 0 Å². The summed E-state index contributed by atoms with van der Waals surface area (Å²) in [7, 11) is 0. The molecule has 0 bridgehead atoms. The van der Waals surface area contributed by atoms with Crippen molar-refractivity contribution in [2.75, 3.05) is 11.9 Å². The van der Waals surface area contributed by atoms with Gasteiger partial charge in [-0.05, 0) is 12.1 Å². The molecule has 0 aliphatic heterocycles. The number of amides is 2. The Morgan fingerprint density at radius 3 is 2.75 bits per heavy atom. The van der Waals surface area contributed by atoms with E-state index in [4.69, 9.17) is 9.63 Å². The molecule has 2 rings (SSSR count). The number of aromatic nitrogens is 3. The molecule has 0 spiro atoms. The minimum Gasteiger partial charge on any atom is -0.477 e. The van der Waals surface area contributed by atoms with Crippen LogP contribution in [0.1, 0.15) is 16.4 Å². The van der Waals surface area contributed by atoms with Gasteiger partial charge in [-0.1, -0.05) is 5.16 Å². The number of carbonyl (C=O) groups is 2. The number of carboxylic acid groups (broad SMARTS) is 1. The fraction of sp³-hybridized carbons (Fsp3) is 0.182. The van der Waals surface area contributed by atoms with Crippen LogP contribution in [-0.2, 0) is 6.42 Å². The van der Waals surface area contributed by atoms with E-state index in [2.05, 4.69) is 25.8 Å². The zero-order valence-corrected chi connectivity index (χ0v) is 10.2. The predicted molar refractivity (Wildman–Crippen MR) is 66.2 cm³/mol. The first kappa shape index (κ1) is 13.5. The molecule has 3 N–H and O–H groups in total. The minimum absolute atomic E-state index is 0.0904. The Labute approximate surface area is 113 Å². The van der Waals surface area contributed by atoms with Gasteiger partial charge >= 0.3 is 12.0 Å². The van der Waals surface area contributed by atoms with Crippen LogP contribution in [0, 0.1) is 0 Å². The number of carbonyl (C=O) groups excluding carboxylic acids is 1. The van der Waals surface area contributed by atoms with Gasteiger partial charge in [0.1, 0.15) is 5.69 Å². The topological polar surface area (TPSA) is 130 Å². The van der Waals surface area contributed by atoms with E-state index in [1.54, 1.807) is 0 Å². The number of pyridine rings is 1. The lowest BCUT2D eigenvalue weighted by molar-refractivity contribution is 0.0690. The zero-order valence-electron chi connectivity index (χ0n) is 10.2. The van der Waals surface area contributed by atoms with Crippen molar-refractivity contribution in [2.24, 2.45) is 0 Å². The van der Waals surface area contributed by atoms with Crippen LogP contribution in [0.15, 0.2) is 29.2 Å². The maximum Gasteiger partial charge on any atom is 0.354 e. The summed E-state index contributed by atoms with van der Waals surface area (Å²) < 4.78 is 4.77. The second-order valence-electron chi connectivity index (χ2n) is 3.70. The molecule has 9 nitrogen and oxygen atoms in total. The summed E-state index contributed by atoms with van der Waals surface area (Å²) in [6, 6.07) is 2.32. The van der Waals surface area contributed by atoms with E-state index in [1.807, 2.05) is 0 Å². The largest absolute Gasteiger partial charge is 0.477 e. The highest BCUT2D eigenvalue weighted by Gasteiger charge is 2.06.